The molecule has 0 spiro atoms. The van der Waals surface area contributed by atoms with E-state index in [0.29, 0.717) is 12.4 Å². The molecule has 2 aromatic carbocycles. The molecule has 0 saturated heterocycles. The predicted octanol–water partition coefficient (Wildman–Crippen LogP) is 3.31. The highest BCUT2D eigenvalue weighted by molar-refractivity contribution is 5.93. The maximum atomic E-state index is 12.9. The summed E-state index contributed by atoms with van der Waals surface area (Å²) in [5.74, 6) is 1.16. The summed E-state index contributed by atoms with van der Waals surface area (Å²) in [4.78, 5) is 19.1. The molecule has 7 nitrogen and oxygen atoms in total. The fourth-order valence-electron chi connectivity index (χ4n) is 3.85. The molecule has 7 heteroatoms. The molecule has 0 bridgehead atoms. The SMILES string of the molecule is COCC(=O)N1c2ncnn2[C@H](c2ccc(C)cc2)C[C@@H]1c1ccc(OC)cc1. The molecule has 29 heavy (non-hydrogen) atoms. The van der Waals surface area contributed by atoms with Crippen LogP contribution in [0.15, 0.2) is 54.9 Å². The summed E-state index contributed by atoms with van der Waals surface area (Å²) in [6.45, 7) is 2.05. The number of aromatic nitrogens is 3. The normalized spacial score (nSPS) is 18.4. The zero-order chi connectivity index (χ0) is 20.4. The van der Waals surface area contributed by atoms with Crippen molar-refractivity contribution >= 4 is 11.9 Å². The predicted molar refractivity (Wildman–Crippen MR) is 109 cm³/mol. The van der Waals surface area contributed by atoms with E-state index in [1.54, 1.807) is 12.0 Å². The Morgan fingerprint density at radius 2 is 1.69 bits per heavy atom. The Hall–Kier alpha value is -3.19. The van der Waals surface area contributed by atoms with Crippen molar-refractivity contribution in [2.45, 2.75) is 25.4 Å². The Bertz CT molecular complexity index is 982. The van der Waals surface area contributed by atoms with Crippen molar-refractivity contribution in [2.24, 2.45) is 0 Å². The molecule has 0 unspecified atom stereocenters. The van der Waals surface area contributed by atoms with Gasteiger partial charge in [-0.05, 0) is 36.6 Å². The molecule has 1 aromatic heterocycles. The number of carbonyl (C=O) groups excluding carboxylic acids is 1. The molecule has 150 valence electrons. The second-order valence-corrected chi connectivity index (χ2v) is 7.15. The number of hydrogen-bond acceptors (Lipinski definition) is 5. The van der Waals surface area contributed by atoms with Crippen molar-refractivity contribution in [3.8, 4) is 5.75 Å². The van der Waals surface area contributed by atoms with Crippen LogP contribution in [0.25, 0.3) is 0 Å². The third kappa shape index (κ3) is 3.61. The van der Waals surface area contributed by atoms with Gasteiger partial charge in [0.1, 0.15) is 18.7 Å². The number of amides is 1. The lowest BCUT2D eigenvalue weighted by atomic mass is 9.91. The van der Waals surface area contributed by atoms with Gasteiger partial charge in [0.25, 0.3) is 5.91 Å². The topological polar surface area (TPSA) is 69.5 Å². The van der Waals surface area contributed by atoms with E-state index in [2.05, 4.69) is 41.3 Å². The minimum absolute atomic E-state index is 0.0191. The highest BCUT2D eigenvalue weighted by Gasteiger charge is 2.39. The van der Waals surface area contributed by atoms with Crippen molar-refractivity contribution in [3.05, 3.63) is 71.5 Å². The number of rotatable bonds is 5. The smallest absolute Gasteiger partial charge is 0.255 e. The maximum absolute atomic E-state index is 12.9. The minimum Gasteiger partial charge on any atom is -0.497 e. The first kappa shape index (κ1) is 19.1. The van der Waals surface area contributed by atoms with Crippen molar-refractivity contribution in [1.82, 2.24) is 14.8 Å². The van der Waals surface area contributed by atoms with Gasteiger partial charge in [-0.3, -0.25) is 9.69 Å². The van der Waals surface area contributed by atoms with Crippen LogP contribution in [0.5, 0.6) is 5.75 Å². The van der Waals surface area contributed by atoms with E-state index in [1.807, 2.05) is 28.9 Å². The van der Waals surface area contributed by atoms with Crippen molar-refractivity contribution in [2.75, 3.05) is 25.7 Å². The second kappa shape index (κ2) is 8.05. The summed E-state index contributed by atoms with van der Waals surface area (Å²) >= 11 is 0. The zero-order valence-electron chi connectivity index (χ0n) is 16.8. The lowest BCUT2D eigenvalue weighted by Gasteiger charge is -2.39. The Morgan fingerprint density at radius 1 is 1.03 bits per heavy atom. The lowest BCUT2D eigenvalue weighted by molar-refractivity contribution is -0.123. The van der Waals surface area contributed by atoms with Gasteiger partial charge in [-0.25, -0.2) is 4.68 Å². The van der Waals surface area contributed by atoms with Gasteiger partial charge in [0, 0.05) is 7.11 Å². The van der Waals surface area contributed by atoms with Crippen LogP contribution in [-0.2, 0) is 9.53 Å². The molecule has 2 heterocycles. The summed E-state index contributed by atoms with van der Waals surface area (Å²) < 4.78 is 12.2. The number of aryl methyl sites for hydroxylation is 1. The maximum Gasteiger partial charge on any atom is 0.255 e. The molecular weight excluding hydrogens is 368 g/mol. The molecule has 4 rings (SSSR count). The van der Waals surface area contributed by atoms with Gasteiger partial charge in [-0.2, -0.15) is 10.1 Å². The largest absolute Gasteiger partial charge is 0.497 e. The fourth-order valence-corrected chi connectivity index (χ4v) is 3.85. The number of fused-ring (bicyclic) bond motifs is 1. The number of hydrogen-bond donors (Lipinski definition) is 0. The number of ether oxygens (including phenoxy) is 2. The Balaban J connectivity index is 1.80. The van der Waals surface area contributed by atoms with E-state index in [-0.39, 0.29) is 24.6 Å². The van der Waals surface area contributed by atoms with Gasteiger partial charge in [0.15, 0.2) is 0 Å². The van der Waals surface area contributed by atoms with E-state index in [4.69, 9.17) is 9.47 Å². The van der Waals surface area contributed by atoms with Crippen molar-refractivity contribution in [3.63, 3.8) is 0 Å². The van der Waals surface area contributed by atoms with Crippen molar-refractivity contribution in [1.29, 1.82) is 0 Å². The number of benzene rings is 2. The van der Waals surface area contributed by atoms with Crippen LogP contribution in [-0.4, -0.2) is 41.5 Å². The van der Waals surface area contributed by atoms with Crippen LogP contribution in [0, 0.1) is 6.92 Å². The van der Waals surface area contributed by atoms with Crippen LogP contribution >= 0.6 is 0 Å². The lowest BCUT2D eigenvalue weighted by Crippen LogP contribution is -2.44. The molecule has 0 N–H and O–H groups in total. The summed E-state index contributed by atoms with van der Waals surface area (Å²) in [5, 5.41) is 4.44. The molecule has 2 atom stereocenters. The van der Waals surface area contributed by atoms with Crippen LogP contribution in [0.3, 0.4) is 0 Å². The quantitative estimate of drug-likeness (QED) is 0.666. The first-order valence-electron chi connectivity index (χ1n) is 9.53. The van der Waals surface area contributed by atoms with Gasteiger partial charge in [0.05, 0.1) is 19.2 Å². The number of carbonyl (C=O) groups is 1. The van der Waals surface area contributed by atoms with Crippen LogP contribution in [0.2, 0.25) is 0 Å². The Labute approximate surface area is 169 Å². The first-order chi connectivity index (χ1) is 14.1. The summed E-state index contributed by atoms with van der Waals surface area (Å²) in [7, 11) is 3.16. The van der Waals surface area contributed by atoms with E-state index in [1.165, 1.54) is 19.0 Å². The van der Waals surface area contributed by atoms with E-state index in [0.717, 1.165) is 16.9 Å². The molecule has 0 radical (unpaired) electrons. The Kier molecular flexibility index (Phi) is 5.31. The van der Waals surface area contributed by atoms with Gasteiger partial charge in [0.2, 0.25) is 5.95 Å². The fraction of sp³-hybridized carbons (Fsp3) is 0.318. The van der Waals surface area contributed by atoms with Gasteiger partial charge in [-0.15, -0.1) is 0 Å². The van der Waals surface area contributed by atoms with E-state index < -0.39 is 0 Å². The summed E-state index contributed by atoms with van der Waals surface area (Å²) in [6.07, 6.45) is 2.18. The summed E-state index contributed by atoms with van der Waals surface area (Å²) in [6, 6.07) is 16.0. The zero-order valence-corrected chi connectivity index (χ0v) is 16.8. The van der Waals surface area contributed by atoms with Crippen molar-refractivity contribution < 1.29 is 14.3 Å². The van der Waals surface area contributed by atoms with Crippen LogP contribution in [0.1, 0.15) is 35.2 Å². The van der Waals surface area contributed by atoms with Gasteiger partial charge < -0.3 is 9.47 Å². The molecule has 1 aliphatic rings. The molecule has 1 aliphatic heterocycles. The molecular formula is C22H24N4O3. The first-order valence-corrected chi connectivity index (χ1v) is 9.53. The number of nitrogens with zero attached hydrogens (tertiary/aromatic N) is 4. The highest BCUT2D eigenvalue weighted by Crippen LogP contribution is 2.42. The second-order valence-electron chi connectivity index (χ2n) is 7.15. The molecule has 0 aliphatic carbocycles. The Morgan fingerprint density at radius 3 is 2.34 bits per heavy atom. The van der Waals surface area contributed by atoms with Crippen LogP contribution < -0.4 is 9.64 Å². The average Bonchev–Trinajstić information content (AvgIpc) is 3.23. The third-order valence-corrected chi connectivity index (χ3v) is 5.32. The summed E-state index contributed by atoms with van der Waals surface area (Å²) in [5.41, 5.74) is 3.35. The molecule has 3 aromatic rings. The molecule has 0 saturated carbocycles. The van der Waals surface area contributed by atoms with E-state index >= 15 is 0 Å². The minimum atomic E-state index is -0.188. The van der Waals surface area contributed by atoms with E-state index in [9.17, 15) is 4.79 Å². The average molecular weight is 392 g/mol. The molecule has 0 fully saturated rings. The monoisotopic (exact) mass is 392 g/mol. The number of anilines is 1. The third-order valence-electron chi connectivity index (χ3n) is 5.32. The van der Waals surface area contributed by atoms with Gasteiger partial charge >= 0.3 is 0 Å². The van der Waals surface area contributed by atoms with Gasteiger partial charge in [-0.1, -0.05) is 42.0 Å². The standard InChI is InChI=1S/C22H24N4O3/c1-15-4-6-17(7-5-15)20-12-19(16-8-10-18(29-3)11-9-16)25(21(27)13-28-2)22-23-14-24-26(20)22/h4-11,14,19-20H,12-13H2,1-3H3/t19-,20+/m1/s1. The highest BCUT2D eigenvalue weighted by atomic mass is 16.5. The molecule has 1 amide bonds. The van der Waals surface area contributed by atoms with Crippen LogP contribution in [0.4, 0.5) is 5.95 Å². The number of methoxy groups -OCH3 is 2.